The van der Waals surface area contributed by atoms with E-state index in [4.69, 9.17) is 22.9 Å². The van der Waals surface area contributed by atoms with Crippen molar-refractivity contribution in [2.24, 2.45) is 91.9 Å². The van der Waals surface area contributed by atoms with E-state index < -0.39 is 0 Å². The summed E-state index contributed by atoms with van der Waals surface area (Å²) in [4.78, 5) is 0. The first-order chi connectivity index (χ1) is 19.9. The number of fused-ring (bicyclic) bond motifs is 10. The largest absolute Gasteiger partial charge is 0.326 e. The van der Waals surface area contributed by atoms with Crippen LogP contribution in [0.1, 0.15) is 143 Å². The molecule has 42 heavy (non-hydrogen) atoms. The zero-order chi connectivity index (χ0) is 29.7. The van der Waals surface area contributed by atoms with E-state index in [2.05, 4.69) is 27.7 Å². The Morgan fingerprint density at radius 3 is 1.64 bits per heavy atom. The fraction of sp³-hybridized carbons (Fsp3) is 1.00. The third kappa shape index (κ3) is 4.56. The summed E-state index contributed by atoms with van der Waals surface area (Å²) in [7, 11) is 0. The fourth-order valence-electron chi connectivity index (χ4n) is 14.8. The summed E-state index contributed by atoms with van der Waals surface area (Å²) in [5.41, 5.74) is 27.9. The van der Waals surface area contributed by atoms with Crippen molar-refractivity contribution in [3.8, 4) is 0 Å². The van der Waals surface area contributed by atoms with Crippen molar-refractivity contribution in [2.45, 2.75) is 167 Å². The van der Waals surface area contributed by atoms with Crippen molar-refractivity contribution in [1.29, 1.82) is 0 Å². The van der Waals surface area contributed by atoms with E-state index in [1.807, 2.05) is 0 Å². The molecule has 0 heterocycles. The topological polar surface area (TPSA) is 104 Å². The Morgan fingerprint density at radius 1 is 0.452 bits per heavy atom. The molecule has 4 nitrogen and oxygen atoms in total. The quantitative estimate of drug-likeness (QED) is 0.240. The van der Waals surface area contributed by atoms with E-state index in [1.54, 1.807) is 0 Å². The standard InChI is InChI=1S/2C19H34N2/c1-18-9-3-4-13(18)12-5-6-15-17(21)16(20)8-11-19(15,2)14(12)7-10-18;1-18-8-3-4-14(18)13-6-5-12-10-16(20)17(21)11-19(12,2)15(13)7-9-18/h2*12-17H,3-11,20-21H2,1-2H3/t12-,13-,14-,15-,16?,17?,18-,19+;12-,13-,14-,15-,16?,17?,18-,19-/m00/s1. The van der Waals surface area contributed by atoms with Gasteiger partial charge in [0, 0.05) is 24.2 Å². The van der Waals surface area contributed by atoms with Gasteiger partial charge in [-0.1, -0.05) is 40.5 Å². The lowest BCUT2D eigenvalue weighted by Gasteiger charge is -2.61. The van der Waals surface area contributed by atoms with E-state index in [1.165, 1.54) is 109 Å². The normalized spacial score (nSPS) is 60.0. The first-order valence-electron chi connectivity index (χ1n) is 18.9. The number of nitrogens with two attached hydrogens (primary N) is 4. The molecule has 0 aromatic heterocycles. The van der Waals surface area contributed by atoms with Crippen LogP contribution in [0.4, 0.5) is 0 Å². The minimum absolute atomic E-state index is 0.238. The molecule has 0 amide bonds. The van der Waals surface area contributed by atoms with Crippen molar-refractivity contribution in [2.75, 3.05) is 0 Å². The first kappa shape index (κ1) is 30.5. The summed E-state index contributed by atoms with van der Waals surface area (Å²) < 4.78 is 0. The van der Waals surface area contributed by atoms with Crippen molar-refractivity contribution in [3.63, 3.8) is 0 Å². The molecule has 8 fully saturated rings. The van der Waals surface area contributed by atoms with Crippen LogP contribution in [-0.4, -0.2) is 24.2 Å². The van der Waals surface area contributed by atoms with Gasteiger partial charge in [-0.15, -0.1) is 0 Å². The van der Waals surface area contributed by atoms with Crippen LogP contribution in [0.2, 0.25) is 0 Å². The van der Waals surface area contributed by atoms with Gasteiger partial charge in [-0.2, -0.15) is 0 Å². The third-order valence-electron chi connectivity index (χ3n) is 17.3. The predicted octanol–water partition coefficient (Wildman–Crippen LogP) is 7.37. The molecule has 240 valence electrons. The fourth-order valence-corrected chi connectivity index (χ4v) is 14.8. The van der Waals surface area contributed by atoms with Gasteiger partial charge >= 0.3 is 0 Å². The lowest BCUT2D eigenvalue weighted by molar-refractivity contribution is -0.111. The van der Waals surface area contributed by atoms with Gasteiger partial charge in [0.2, 0.25) is 0 Å². The zero-order valence-corrected chi connectivity index (χ0v) is 28.0. The number of hydrogen-bond donors (Lipinski definition) is 4. The van der Waals surface area contributed by atoms with Crippen LogP contribution in [0.3, 0.4) is 0 Å². The zero-order valence-electron chi connectivity index (χ0n) is 28.0. The Kier molecular flexibility index (Phi) is 7.77. The summed E-state index contributed by atoms with van der Waals surface area (Å²) in [6.45, 7) is 10.4. The molecule has 8 aliphatic carbocycles. The van der Waals surface area contributed by atoms with Crippen LogP contribution in [0.15, 0.2) is 0 Å². The van der Waals surface area contributed by atoms with Gasteiger partial charge in [0.15, 0.2) is 0 Å². The maximum absolute atomic E-state index is 6.55. The molecule has 4 unspecified atom stereocenters. The molecule has 0 aliphatic heterocycles. The molecular formula is C38H68N4. The van der Waals surface area contributed by atoms with E-state index in [0.717, 1.165) is 47.8 Å². The highest BCUT2D eigenvalue weighted by Crippen LogP contribution is 2.67. The van der Waals surface area contributed by atoms with Crippen LogP contribution >= 0.6 is 0 Å². The van der Waals surface area contributed by atoms with Gasteiger partial charge in [0.1, 0.15) is 0 Å². The smallest absolute Gasteiger partial charge is 0.0226 e. The lowest BCUT2D eigenvalue weighted by Crippen LogP contribution is -2.62. The maximum Gasteiger partial charge on any atom is 0.0226 e. The van der Waals surface area contributed by atoms with Crippen molar-refractivity contribution < 1.29 is 0 Å². The Bertz CT molecular complexity index is 962. The van der Waals surface area contributed by atoms with E-state index >= 15 is 0 Å². The van der Waals surface area contributed by atoms with Gasteiger partial charge in [-0.3, -0.25) is 0 Å². The molecule has 8 aliphatic rings. The summed E-state index contributed by atoms with van der Waals surface area (Å²) in [5, 5.41) is 0. The van der Waals surface area contributed by atoms with Crippen molar-refractivity contribution in [3.05, 3.63) is 0 Å². The van der Waals surface area contributed by atoms with Crippen LogP contribution in [-0.2, 0) is 0 Å². The Hall–Kier alpha value is -0.160. The average molecular weight is 581 g/mol. The summed E-state index contributed by atoms with van der Waals surface area (Å²) in [6.07, 6.45) is 25.4. The minimum atomic E-state index is 0.238. The van der Waals surface area contributed by atoms with Crippen LogP contribution in [0, 0.1) is 69.0 Å². The molecule has 0 radical (unpaired) electrons. The van der Waals surface area contributed by atoms with Gasteiger partial charge < -0.3 is 22.9 Å². The molecule has 8 N–H and O–H groups in total. The van der Waals surface area contributed by atoms with Crippen LogP contribution < -0.4 is 22.9 Å². The highest BCUT2D eigenvalue weighted by atomic mass is 14.8. The second-order valence-electron chi connectivity index (χ2n) is 18.9. The van der Waals surface area contributed by atoms with Crippen LogP contribution in [0.25, 0.3) is 0 Å². The molecule has 0 aromatic carbocycles. The molecule has 0 aromatic rings. The summed E-state index contributed by atoms with van der Waals surface area (Å²) in [6, 6.07) is 0.989. The van der Waals surface area contributed by atoms with Gasteiger partial charge in [-0.25, -0.2) is 0 Å². The predicted molar refractivity (Wildman–Crippen MR) is 175 cm³/mol. The van der Waals surface area contributed by atoms with Gasteiger partial charge in [0.25, 0.3) is 0 Å². The SMILES string of the molecule is C[C@@]12CCC[C@H]1[C@@H]1CC[C@H]3C(N)C(N)CC[C@]3(C)[C@H]1CC2.C[C@@]12CCC[C@H]1[C@@H]1CC[C@H]3CC(N)C(N)C[C@]3(C)[C@H]1CC2. The Balaban J connectivity index is 0.000000137. The van der Waals surface area contributed by atoms with Gasteiger partial charge in [0.05, 0.1) is 0 Å². The second kappa shape index (κ2) is 10.7. The summed E-state index contributed by atoms with van der Waals surface area (Å²) in [5.74, 6) is 7.43. The molecule has 0 saturated heterocycles. The lowest BCUT2D eigenvalue weighted by atomic mass is 9.44. The van der Waals surface area contributed by atoms with Gasteiger partial charge in [-0.05, 0) is 172 Å². The number of hydrogen-bond acceptors (Lipinski definition) is 4. The molecular weight excluding hydrogens is 512 g/mol. The minimum Gasteiger partial charge on any atom is -0.326 e. The number of rotatable bonds is 0. The average Bonchev–Trinajstić information content (AvgIpc) is 3.55. The molecule has 8 rings (SSSR count). The first-order valence-corrected chi connectivity index (χ1v) is 18.9. The molecule has 16 atom stereocenters. The second-order valence-corrected chi connectivity index (χ2v) is 18.9. The third-order valence-corrected chi connectivity index (χ3v) is 17.3. The summed E-state index contributed by atoms with van der Waals surface area (Å²) >= 11 is 0. The van der Waals surface area contributed by atoms with Crippen molar-refractivity contribution in [1.82, 2.24) is 0 Å². The van der Waals surface area contributed by atoms with E-state index in [0.29, 0.717) is 27.6 Å². The monoisotopic (exact) mass is 581 g/mol. The molecule has 0 spiro atoms. The van der Waals surface area contributed by atoms with E-state index in [9.17, 15) is 0 Å². The highest BCUT2D eigenvalue weighted by molar-refractivity contribution is 5.11. The highest BCUT2D eigenvalue weighted by Gasteiger charge is 2.60. The Morgan fingerprint density at radius 2 is 1.02 bits per heavy atom. The molecule has 8 saturated carbocycles. The van der Waals surface area contributed by atoms with Crippen LogP contribution in [0.5, 0.6) is 0 Å². The van der Waals surface area contributed by atoms with E-state index in [-0.39, 0.29) is 24.2 Å². The molecule has 0 bridgehead atoms. The van der Waals surface area contributed by atoms with Crippen molar-refractivity contribution >= 4 is 0 Å². The maximum atomic E-state index is 6.55. The molecule has 4 heteroatoms. The Labute approximate surface area is 259 Å².